The molecule has 0 saturated heterocycles. The summed E-state index contributed by atoms with van der Waals surface area (Å²) >= 11 is 0. The minimum Gasteiger partial charge on any atom is -0.382 e. The van der Waals surface area contributed by atoms with Crippen LogP contribution in [0.2, 0.25) is 0 Å². The van der Waals surface area contributed by atoms with E-state index in [4.69, 9.17) is 4.18 Å². The summed E-state index contributed by atoms with van der Waals surface area (Å²) in [5.41, 5.74) is 0.929. The molecule has 0 N–H and O–H groups in total. The maximum Gasteiger partial charge on any atom is 0.306 e. The third-order valence-electron chi connectivity index (χ3n) is 4.25. The molecule has 0 fully saturated rings. The number of para-hydroxylation sites is 1. The average molecular weight is 431 g/mol. The van der Waals surface area contributed by atoms with Crippen LogP contribution in [0, 0.1) is 11.6 Å². The summed E-state index contributed by atoms with van der Waals surface area (Å²) in [6.07, 6.45) is 0.921. The van der Waals surface area contributed by atoms with Crippen molar-refractivity contribution in [2.75, 3.05) is 6.26 Å². The lowest BCUT2D eigenvalue weighted by molar-refractivity contribution is 0.0724. The summed E-state index contributed by atoms with van der Waals surface area (Å²) < 4.78 is 55.7. The maximum absolute atomic E-state index is 14.2. The first kappa shape index (κ1) is 21.4. The van der Waals surface area contributed by atoms with Crippen molar-refractivity contribution in [1.82, 2.24) is 4.90 Å². The summed E-state index contributed by atoms with van der Waals surface area (Å²) in [5.74, 6) is -1.61. The van der Waals surface area contributed by atoms with Crippen molar-refractivity contribution in [2.24, 2.45) is 0 Å². The minimum absolute atomic E-state index is 0.0454. The van der Waals surface area contributed by atoms with Crippen molar-refractivity contribution in [3.05, 3.63) is 101 Å². The van der Waals surface area contributed by atoms with Crippen molar-refractivity contribution in [1.29, 1.82) is 0 Å². The van der Waals surface area contributed by atoms with Gasteiger partial charge in [0.15, 0.2) is 0 Å². The first-order valence-corrected chi connectivity index (χ1v) is 10.8. The van der Waals surface area contributed by atoms with Crippen LogP contribution in [-0.4, -0.2) is 25.5 Å². The highest BCUT2D eigenvalue weighted by Gasteiger charge is 2.22. The van der Waals surface area contributed by atoms with Crippen molar-refractivity contribution in [2.45, 2.75) is 13.1 Å². The number of halogens is 2. The van der Waals surface area contributed by atoms with Crippen LogP contribution < -0.4 is 4.18 Å². The molecule has 3 aromatic carbocycles. The molecule has 0 spiro atoms. The average Bonchev–Trinajstić information content (AvgIpc) is 2.69. The van der Waals surface area contributed by atoms with Gasteiger partial charge in [-0.3, -0.25) is 4.79 Å². The zero-order valence-electron chi connectivity index (χ0n) is 16.1. The summed E-state index contributed by atoms with van der Waals surface area (Å²) in [6.45, 7) is 0.0108. The highest BCUT2D eigenvalue weighted by Crippen LogP contribution is 2.24. The van der Waals surface area contributed by atoms with E-state index in [0.717, 1.165) is 6.26 Å². The Morgan fingerprint density at radius 1 is 0.900 bits per heavy atom. The van der Waals surface area contributed by atoms with E-state index >= 15 is 0 Å². The van der Waals surface area contributed by atoms with Gasteiger partial charge in [-0.15, -0.1) is 0 Å². The van der Waals surface area contributed by atoms with Crippen LogP contribution in [0.1, 0.15) is 21.5 Å². The van der Waals surface area contributed by atoms with Crippen LogP contribution in [0.5, 0.6) is 5.75 Å². The van der Waals surface area contributed by atoms with E-state index in [-0.39, 0.29) is 24.4 Å². The standard InChI is InChI=1S/C22H19F2NO4S/c1-30(27,28)29-21-9-5-2-6-17(21)15-25(14-16-10-12-18(23)13-11-16)22(26)19-7-3-4-8-20(19)24/h2-13H,14-15H2,1H3. The lowest BCUT2D eigenvalue weighted by Crippen LogP contribution is -2.31. The molecule has 1 amide bonds. The third-order valence-corrected chi connectivity index (χ3v) is 4.74. The fraction of sp³-hybridized carbons (Fsp3) is 0.136. The van der Waals surface area contributed by atoms with Gasteiger partial charge in [-0.05, 0) is 35.9 Å². The largest absolute Gasteiger partial charge is 0.382 e. The predicted octanol–water partition coefficient (Wildman–Crippen LogP) is 4.15. The van der Waals surface area contributed by atoms with E-state index < -0.39 is 27.7 Å². The summed E-state index contributed by atoms with van der Waals surface area (Å²) in [4.78, 5) is 14.4. The second-order valence-electron chi connectivity index (χ2n) is 6.66. The van der Waals surface area contributed by atoms with Gasteiger partial charge in [0.05, 0.1) is 18.4 Å². The molecule has 0 aliphatic heterocycles. The van der Waals surface area contributed by atoms with Crippen LogP contribution in [0.3, 0.4) is 0 Å². The quantitative estimate of drug-likeness (QED) is 0.528. The zero-order valence-corrected chi connectivity index (χ0v) is 16.9. The Hall–Kier alpha value is -3.26. The molecular weight excluding hydrogens is 412 g/mol. The normalized spacial score (nSPS) is 11.2. The molecule has 3 rings (SSSR count). The Labute approximate surface area is 173 Å². The van der Waals surface area contributed by atoms with E-state index in [1.165, 1.54) is 53.4 Å². The third kappa shape index (κ3) is 5.64. The molecule has 5 nitrogen and oxygen atoms in total. The van der Waals surface area contributed by atoms with Crippen molar-refractivity contribution in [3.63, 3.8) is 0 Å². The number of hydrogen-bond donors (Lipinski definition) is 0. The van der Waals surface area contributed by atoms with Gasteiger partial charge in [-0.25, -0.2) is 8.78 Å². The van der Waals surface area contributed by atoms with Gasteiger partial charge in [0.25, 0.3) is 5.91 Å². The van der Waals surface area contributed by atoms with Crippen LogP contribution in [0.4, 0.5) is 8.78 Å². The fourth-order valence-electron chi connectivity index (χ4n) is 2.90. The Morgan fingerprint density at radius 2 is 1.53 bits per heavy atom. The van der Waals surface area contributed by atoms with E-state index in [0.29, 0.717) is 11.1 Å². The molecule has 0 aromatic heterocycles. The number of nitrogens with zero attached hydrogens (tertiary/aromatic N) is 1. The molecule has 156 valence electrons. The second-order valence-corrected chi connectivity index (χ2v) is 8.24. The van der Waals surface area contributed by atoms with E-state index in [1.807, 2.05) is 0 Å². The molecule has 0 radical (unpaired) electrons. The van der Waals surface area contributed by atoms with Crippen LogP contribution in [0.15, 0.2) is 72.8 Å². The number of hydrogen-bond acceptors (Lipinski definition) is 4. The predicted molar refractivity (Wildman–Crippen MR) is 108 cm³/mol. The molecule has 30 heavy (non-hydrogen) atoms. The van der Waals surface area contributed by atoms with Gasteiger partial charge in [0, 0.05) is 12.1 Å². The van der Waals surface area contributed by atoms with Gasteiger partial charge in [0.1, 0.15) is 17.4 Å². The van der Waals surface area contributed by atoms with Gasteiger partial charge in [-0.2, -0.15) is 8.42 Å². The molecule has 3 aromatic rings. The van der Waals surface area contributed by atoms with Crippen LogP contribution in [-0.2, 0) is 23.2 Å². The van der Waals surface area contributed by atoms with E-state index in [1.54, 1.807) is 24.3 Å². The minimum atomic E-state index is -3.78. The second kappa shape index (κ2) is 9.04. The van der Waals surface area contributed by atoms with Gasteiger partial charge < -0.3 is 9.08 Å². The summed E-state index contributed by atoms with van der Waals surface area (Å²) in [7, 11) is -3.78. The van der Waals surface area contributed by atoms with Crippen molar-refractivity contribution < 1.29 is 26.2 Å². The van der Waals surface area contributed by atoms with Gasteiger partial charge >= 0.3 is 10.1 Å². The molecule has 0 aliphatic rings. The van der Waals surface area contributed by atoms with E-state index in [2.05, 4.69) is 0 Å². The number of carbonyl (C=O) groups excluding carboxylic acids is 1. The first-order chi connectivity index (χ1) is 14.2. The lowest BCUT2D eigenvalue weighted by Gasteiger charge is -2.24. The summed E-state index contributed by atoms with van der Waals surface area (Å²) in [6, 6.07) is 17.5. The molecule has 8 heteroatoms. The molecule has 0 aliphatic carbocycles. The lowest BCUT2D eigenvalue weighted by atomic mass is 10.1. The molecule has 0 saturated carbocycles. The number of rotatable bonds is 7. The maximum atomic E-state index is 14.2. The highest BCUT2D eigenvalue weighted by molar-refractivity contribution is 7.86. The Morgan fingerprint density at radius 3 is 2.20 bits per heavy atom. The van der Waals surface area contributed by atoms with Gasteiger partial charge in [-0.1, -0.05) is 42.5 Å². The molecular formula is C22H19F2NO4S. The van der Waals surface area contributed by atoms with Crippen molar-refractivity contribution >= 4 is 16.0 Å². The smallest absolute Gasteiger partial charge is 0.306 e. The van der Waals surface area contributed by atoms with Crippen molar-refractivity contribution in [3.8, 4) is 5.75 Å². The first-order valence-electron chi connectivity index (χ1n) is 8.98. The number of amides is 1. The monoisotopic (exact) mass is 431 g/mol. The molecule has 0 heterocycles. The zero-order chi connectivity index (χ0) is 21.7. The molecule has 0 atom stereocenters. The highest BCUT2D eigenvalue weighted by atomic mass is 32.2. The van der Waals surface area contributed by atoms with Crippen LogP contribution >= 0.6 is 0 Å². The number of benzene rings is 3. The Kier molecular flexibility index (Phi) is 6.47. The Bertz CT molecular complexity index is 1150. The SMILES string of the molecule is CS(=O)(=O)Oc1ccccc1CN(Cc1ccc(F)cc1)C(=O)c1ccccc1F. The Balaban J connectivity index is 1.97. The fourth-order valence-corrected chi connectivity index (χ4v) is 3.39. The topological polar surface area (TPSA) is 63.7 Å². The number of carbonyl (C=O) groups is 1. The van der Waals surface area contributed by atoms with Crippen LogP contribution in [0.25, 0.3) is 0 Å². The molecule has 0 bridgehead atoms. The van der Waals surface area contributed by atoms with Gasteiger partial charge in [0.2, 0.25) is 0 Å². The van der Waals surface area contributed by atoms with E-state index in [9.17, 15) is 22.0 Å². The summed E-state index contributed by atoms with van der Waals surface area (Å²) in [5, 5.41) is 0. The molecule has 0 unspecified atom stereocenters.